The summed E-state index contributed by atoms with van der Waals surface area (Å²) in [6, 6.07) is 9.52. The third-order valence-electron chi connectivity index (χ3n) is 5.94. The Labute approximate surface area is 185 Å². The van der Waals surface area contributed by atoms with Gasteiger partial charge in [0.15, 0.2) is 0 Å². The van der Waals surface area contributed by atoms with E-state index in [0.717, 1.165) is 27.9 Å². The van der Waals surface area contributed by atoms with Gasteiger partial charge in [-0.15, -0.1) is 0 Å². The van der Waals surface area contributed by atoms with Gasteiger partial charge >= 0.3 is 0 Å². The minimum atomic E-state index is -1.28. The van der Waals surface area contributed by atoms with Crippen molar-refractivity contribution in [3.63, 3.8) is 0 Å². The number of fused-ring (bicyclic) bond motifs is 2. The highest BCUT2D eigenvalue weighted by atomic mass is 16.4. The smallest absolute Gasteiger partial charge is 0.292 e. The van der Waals surface area contributed by atoms with Gasteiger partial charge in [-0.05, 0) is 32.2 Å². The predicted octanol–water partition coefficient (Wildman–Crippen LogP) is 3.83. The molecule has 1 aliphatic heterocycles. The molecule has 0 aliphatic carbocycles. The van der Waals surface area contributed by atoms with E-state index in [4.69, 9.17) is 9.40 Å². The van der Waals surface area contributed by atoms with Crippen molar-refractivity contribution in [2.45, 2.75) is 45.3 Å². The lowest BCUT2D eigenvalue weighted by Crippen LogP contribution is -2.42. The van der Waals surface area contributed by atoms with Crippen LogP contribution in [0.1, 0.15) is 72.0 Å². The van der Waals surface area contributed by atoms with Gasteiger partial charge in [0.1, 0.15) is 11.6 Å². The van der Waals surface area contributed by atoms with Gasteiger partial charge in [-0.25, -0.2) is 9.97 Å². The zero-order valence-corrected chi connectivity index (χ0v) is 18.5. The quantitative estimate of drug-likeness (QED) is 0.510. The van der Waals surface area contributed by atoms with Crippen LogP contribution >= 0.6 is 0 Å². The molecule has 4 aromatic rings. The second-order valence-electron chi connectivity index (χ2n) is 8.91. The fraction of sp³-hybridized carbons (Fsp3) is 0.333. The molecule has 2 N–H and O–H groups in total. The van der Waals surface area contributed by atoms with Gasteiger partial charge in [-0.1, -0.05) is 31.2 Å². The minimum absolute atomic E-state index is 0.0603. The SMILES string of the molecule is Cc1nc(C(C)(C)O)oc1C(=O)N1C[C@@H](C)c2[nH]cnc2[C@@H]1c1cc2ccccc2cn1. The Balaban J connectivity index is 1.63. The lowest BCUT2D eigenvalue weighted by Gasteiger charge is -2.37. The highest BCUT2D eigenvalue weighted by molar-refractivity contribution is 5.93. The second-order valence-corrected chi connectivity index (χ2v) is 8.91. The molecule has 8 nitrogen and oxygen atoms in total. The van der Waals surface area contributed by atoms with Crippen molar-refractivity contribution < 1.29 is 14.3 Å². The molecular weight excluding hydrogens is 406 g/mol. The number of H-pyrrole nitrogens is 1. The summed E-state index contributed by atoms with van der Waals surface area (Å²) in [5, 5.41) is 12.4. The monoisotopic (exact) mass is 431 g/mol. The third kappa shape index (κ3) is 3.27. The van der Waals surface area contributed by atoms with Crippen LogP contribution in [0.25, 0.3) is 10.8 Å². The van der Waals surface area contributed by atoms with E-state index < -0.39 is 11.6 Å². The molecule has 1 aliphatic rings. The number of pyridine rings is 1. The number of amides is 1. The number of aromatic amines is 1. The first kappa shape index (κ1) is 20.4. The Morgan fingerprint density at radius 1 is 1.25 bits per heavy atom. The maximum Gasteiger partial charge on any atom is 0.292 e. The maximum atomic E-state index is 13.7. The van der Waals surface area contributed by atoms with Crippen LogP contribution in [0.3, 0.4) is 0 Å². The molecule has 164 valence electrons. The molecule has 0 fully saturated rings. The largest absolute Gasteiger partial charge is 0.432 e. The van der Waals surface area contributed by atoms with Crippen molar-refractivity contribution in [3.8, 4) is 0 Å². The third-order valence-corrected chi connectivity index (χ3v) is 5.94. The Morgan fingerprint density at radius 2 is 2.00 bits per heavy atom. The number of aryl methyl sites for hydroxylation is 1. The summed E-state index contributed by atoms with van der Waals surface area (Å²) < 4.78 is 5.75. The Hall–Kier alpha value is -3.52. The molecular formula is C24H25N5O3. The van der Waals surface area contributed by atoms with Crippen molar-refractivity contribution in [2.24, 2.45) is 0 Å². The molecule has 1 aromatic carbocycles. The number of hydrogen-bond acceptors (Lipinski definition) is 6. The molecule has 8 heteroatoms. The van der Waals surface area contributed by atoms with Crippen LogP contribution in [-0.4, -0.2) is 42.4 Å². The zero-order chi connectivity index (χ0) is 22.6. The molecule has 2 atom stereocenters. The van der Waals surface area contributed by atoms with Crippen LogP contribution < -0.4 is 0 Å². The number of benzene rings is 1. The summed E-state index contributed by atoms with van der Waals surface area (Å²) >= 11 is 0. The van der Waals surface area contributed by atoms with Gasteiger partial charge < -0.3 is 19.4 Å². The zero-order valence-electron chi connectivity index (χ0n) is 18.5. The average molecular weight is 431 g/mol. The number of aliphatic hydroxyl groups is 1. The predicted molar refractivity (Wildman–Crippen MR) is 118 cm³/mol. The first-order valence-electron chi connectivity index (χ1n) is 10.6. The molecule has 1 amide bonds. The number of nitrogens with one attached hydrogen (secondary N) is 1. The number of carbonyl (C=O) groups is 1. The minimum Gasteiger partial charge on any atom is -0.432 e. The Kier molecular flexibility index (Phi) is 4.63. The summed E-state index contributed by atoms with van der Waals surface area (Å²) in [6.45, 7) is 7.38. The summed E-state index contributed by atoms with van der Waals surface area (Å²) in [7, 11) is 0. The van der Waals surface area contributed by atoms with E-state index in [1.54, 1.807) is 32.0 Å². The molecule has 32 heavy (non-hydrogen) atoms. The molecule has 0 saturated carbocycles. The molecule has 0 unspecified atom stereocenters. The number of aromatic nitrogens is 4. The topological polar surface area (TPSA) is 108 Å². The second kappa shape index (κ2) is 7.27. The van der Waals surface area contributed by atoms with Crippen molar-refractivity contribution in [3.05, 3.63) is 77.3 Å². The van der Waals surface area contributed by atoms with Crippen LogP contribution in [0.4, 0.5) is 0 Å². The van der Waals surface area contributed by atoms with Gasteiger partial charge in [-0.3, -0.25) is 9.78 Å². The van der Waals surface area contributed by atoms with Crippen molar-refractivity contribution in [2.75, 3.05) is 6.54 Å². The molecule has 3 aromatic heterocycles. The highest BCUT2D eigenvalue weighted by Crippen LogP contribution is 2.39. The molecule has 4 heterocycles. The summed E-state index contributed by atoms with van der Waals surface area (Å²) in [5.74, 6) is -0.000517. The summed E-state index contributed by atoms with van der Waals surface area (Å²) in [6.07, 6.45) is 3.49. The van der Waals surface area contributed by atoms with Crippen LogP contribution in [0.2, 0.25) is 0 Å². The molecule has 0 radical (unpaired) electrons. The maximum absolute atomic E-state index is 13.7. The van der Waals surface area contributed by atoms with Gasteiger partial charge in [0.2, 0.25) is 11.7 Å². The van der Waals surface area contributed by atoms with E-state index in [1.165, 1.54) is 0 Å². The normalized spacial score (nSPS) is 18.7. The van der Waals surface area contributed by atoms with Crippen LogP contribution in [0.15, 0.2) is 47.3 Å². The first-order valence-corrected chi connectivity index (χ1v) is 10.6. The molecule has 0 spiro atoms. The van der Waals surface area contributed by atoms with E-state index in [0.29, 0.717) is 12.2 Å². The number of carbonyl (C=O) groups excluding carboxylic acids is 1. The van der Waals surface area contributed by atoms with Crippen molar-refractivity contribution >= 4 is 16.7 Å². The van der Waals surface area contributed by atoms with Gasteiger partial charge in [0, 0.05) is 29.7 Å². The Morgan fingerprint density at radius 3 is 2.72 bits per heavy atom. The summed E-state index contributed by atoms with van der Waals surface area (Å²) in [4.78, 5) is 32.3. The Bertz CT molecular complexity index is 1320. The number of hydrogen-bond donors (Lipinski definition) is 2. The van der Waals surface area contributed by atoms with Crippen LogP contribution in [-0.2, 0) is 5.60 Å². The average Bonchev–Trinajstić information content (AvgIpc) is 3.40. The van der Waals surface area contributed by atoms with Gasteiger partial charge in [0.25, 0.3) is 5.91 Å². The lowest BCUT2D eigenvalue weighted by molar-refractivity contribution is 0.0437. The van der Waals surface area contributed by atoms with E-state index in [1.807, 2.05) is 36.5 Å². The van der Waals surface area contributed by atoms with Crippen LogP contribution in [0.5, 0.6) is 0 Å². The fourth-order valence-corrected chi connectivity index (χ4v) is 4.30. The molecule has 0 bridgehead atoms. The lowest BCUT2D eigenvalue weighted by atomic mass is 9.92. The van der Waals surface area contributed by atoms with E-state index in [9.17, 15) is 9.90 Å². The van der Waals surface area contributed by atoms with Crippen molar-refractivity contribution in [1.82, 2.24) is 24.8 Å². The molecule has 5 rings (SSSR count). The van der Waals surface area contributed by atoms with Gasteiger partial charge in [0.05, 0.1) is 23.4 Å². The number of rotatable bonds is 3. The standard InChI is InChI=1S/C24H25N5O3/c1-13-11-29(22(30)21-14(2)28-23(32-21)24(3,4)31)20(19-18(13)26-12-27-19)17-9-15-7-5-6-8-16(15)10-25-17/h5-10,12-13,20,31H,11H2,1-4H3,(H,26,27)/t13-,20+/m1/s1. The highest BCUT2D eigenvalue weighted by Gasteiger charge is 2.40. The fourth-order valence-electron chi connectivity index (χ4n) is 4.30. The van der Waals surface area contributed by atoms with E-state index in [2.05, 4.69) is 21.9 Å². The first-order chi connectivity index (χ1) is 15.2. The van der Waals surface area contributed by atoms with Crippen molar-refractivity contribution in [1.29, 1.82) is 0 Å². The summed E-state index contributed by atoms with van der Waals surface area (Å²) in [5.41, 5.74) is 1.67. The number of nitrogens with zero attached hydrogens (tertiary/aromatic N) is 4. The van der Waals surface area contributed by atoms with Gasteiger partial charge in [-0.2, -0.15) is 0 Å². The van der Waals surface area contributed by atoms with E-state index >= 15 is 0 Å². The molecule has 0 saturated heterocycles. The number of oxazole rings is 1. The van der Waals surface area contributed by atoms with E-state index in [-0.39, 0.29) is 23.5 Å². The van der Waals surface area contributed by atoms with Crippen LogP contribution in [0, 0.1) is 6.92 Å². The number of imidazole rings is 1.